The second-order valence-corrected chi connectivity index (χ2v) is 11.0. The van der Waals surface area contributed by atoms with Crippen LogP contribution in [0.15, 0.2) is 48.7 Å². The number of nitrogens with zero attached hydrogens (tertiary/aromatic N) is 3. The molecule has 2 aliphatic rings. The number of benzene rings is 2. The number of likely N-dealkylation sites (tertiary alicyclic amines) is 1. The number of aromatic nitrogens is 2. The third-order valence-corrected chi connectivity index (χ3v) is 7.23. The van der Waals surface area contributed by atoms with Gasteiger partial charge in [-0.25, -0.2) is 4.98 Å². The maximum Gasteiger partial charge on any atom is 0.254 e. The number of aromatic amines is 1. The summed E-state index contributed by atoms with van der Waals surface area (Å²) in [6, 6.07) is 12.7. The summed E-state index contributed by atoms with van der Waals surface area (Å²) < 4.78 is 18.5. The molecule has 0 radical (unpaired) electrons. The highest BCUT2D eigenvalue weighted by atomic mass is 16.5. The van der Waals surface area contributed by atoms with Crippen LogP contribution < -0.4 is 14.8 Å². The van der Waals surface area contributed by atoms with Crippen molar-refractivity contribution in [3.8, 4) is 17.2 Å². The standard InChI is InChI=1S/C31H39N5O5/c1-5-36-18-30(37)34-28-17-35(16-24-15-32-21(4)33-24)10-9-29(28)39-19-22-7-6-8-25(11-22)41-27-13-23(31(36)38)12-26(14-27)40-20(2)3/h6-8,11-15,20,28-29H,5,9-10,16-19H2,1-4H3,(H,32,33)(H,34,37)/t28-,29-/m0/s1. The van der Waals surface area contributed by atoms with Gasteiger partial charge in [0.25, 0.3) is 5.91 Å². The molecule has 3 heterocycles. The number of rotatable bonds is 5. The Labute approximate surface area is 241 Å². The van der Waals surface area contributed by atoms with Gasteiger partial charge < -0.3 is 29.4 Å². The number of carbonyl (C=O) groups excluding carboxylic acids is 2. The molecule has 10 heteroatoms. The normalized spacial score (nSPS) is 20.4. The first-order chi connectivity index (χ1) is 19.7. The zero-order valence-electron chi connectivity index (χ0n) is 24.2. The second kappa shape index (κ2) is 12.7. The van der Waals surface area contributed by atoms with Crippen LogP contribution in [-0.4, -0.2) is 76.0 Å². The number of aryl methyl sites for hydroxylation is 1. The van der Waals surface area contributed by atoms with Crippen molar-refractivity contribution in [2.45, 2.75) is 65.5 Å². The molecule has 4 bridgehead atoms. The summed E-state index contributed by atoms with van der Waals surface area (Å²) >= 11 is 0. The van der Waals surface area contributed by atoms with Crippen molar-refractivity contribution < 1.29 is 23.8 Å². The van der Waals surface area contributed by atoms with E-state index >= 15 is 0 Å². The van der Waals surface area contributed by atoms with Crippen LogP contribution in [0, 0.1) is 6.92 Å². The number of hydrogen-bond donors (Lipinski definition) is 2. The topological polar surface area (TPSA) is 109 Å². The molecular formula is C31H39N5O5. The molecule has 218 valence electrons. The first kappa shape index (κ1) is 28.6. The molecule has 2 atom stereocenters. The van der Waals surface area contributed by atoms with Crippen molar-refractivity contribution in [2.75, 3.05) is 26.2 Å². The van der Waals surface area contributed by atoms with Gasteiger partial charge in [-0.2, -0.15) is 0 Å². The monoisotopic (exact) mass is 561 g/mol. The smallest absolute Gasteiger partial charge is 0.254 e. The van der Waals surface area contributed by atoms with Gasteiger partial charge in [-0.1, -0.05) is 12.1 Å². The van der Waals surface area contributed by atoms with Crippen molar-refractivity contribution >= 4 is 11.8 Å². The lowest BCUT2D eigenvalue weighted by Gasteiger charge is -2.39. The summed E-state index contributed by atoms with van der Waals surface area (Å²) in [5.74, 6) is 2.03. The quantitative estimate of drug-likeness (QED) is 0.484. The van der Waals surface area contributed by atoms with E-state index in [1.807, 2.05) is 58.2 Å². The number of nitrogens with one attached hydrogen (secondary N) is 2. The van der Waals surface area contributed by atoms with E-state index in [9.17, 15) is 9.59 Å². The summed E-state index contributed by atoms with van der Waals surface area (Å²) in [6.07, 6.45) is 2.35. The molecule has 1 fully saturated rings. The Morgan fingerprint density at radius 3 is 2.76 bits per heavy atom. The summed E-state index contributed by atoms with van der Waals surface area (Å²) in [7, 11) is 0. The Hall–Kier alpha value is -3.89. The SMILES string of the molecule is CCN1CC(=O)N[C@H]2CN(Cc3cnc(C)[nH]3)CC[C@@H]2OCc2cccc(c2)Oc2cc(OC(C)C)cc(c2)C1=O. The molecule has 1 saturated heterocycles. The molecule has 2 N–H and O–H groups in total. The molecule has 2 amide bonds. The van der Waals surface area contributed by atoms with Crippen LogP contribution in [0.2, 0.25) is 0 Å². The maximum atomic E-state index is 13.6. The van der Waals surface area contributed by atoms with Crippen LogP contribution in [0.4, 0.5) is 0 Å². The van der Waals surface area contributed by atoms with Gasteiger partial charge in [-0.15, -0.1) is 0 Å². The lowest BCUT2D eigenvalue weighted by Crippen LogP contribution is -2.57. The van der Waals surface area contributed by atoms with Crippen LogP contribution in [0.3, 0.4) is 0 Å². The lowest BCUT2D eigenvalue weighted by atomic mass is 10.0. The molecule has 1 aromatic heterocycles. The molecule has 0 saturated carbocycles. The van der Waals surface area contributed by atoms with Crippen LogP contribution in [0.1, 0.15) is 54.6 Å². The van der Waals surface area contributed by atoms with E-state index in [2.05, 4.69) is 20.2 Å². The Bertz CT molecular complexity index is 1370. The predicted molar refractivity (Wildman–Crippen MR) is 154 cm³/mol. The Balaban J connectivity index is 1.43. The maximum absolute atomic E-state index is 13.6. The highest BCUT2D eigenvalue weighted by Gasteiger charge is 2.32. The van der Waals surface area contributed by atoms with Gasteiger partial charge in [0.2, 0.25) is 5.91 Å². The van der Waals surface area contributed by atoms with Crippen molar-refractivity contribution in [1.29, 1.82) is 0 Å². The lowest BCUT2D eigenvalue weighted by molar-refractivity contribution is -0.125. The minimum Gasteiger partial charge on any atom is -0.491 e. The van der Waals surface area contributed by atoms with Gasteiger partial charge in [0.15, 0.2) is 0 Å². The van der Waals surface area contributed by atoms with Gasteiger partial charge in [-0.05, 0) is 63.9 Å². The largest absolute Gasteiger partial charge is 0.491 e. The van der Waals surface area contributed by atoms with E-state index < -0.39 is 0 Å². The van der Waals surface area contributed by atoms with Gasteiger partial charge in [0, 0.05) is 49.7 Å². The van der Waals surface area contributed by atoms with E-state index in [1.54, 1.807) is 18.2 Å². The highest BCUT2D eigenvalue weighted by Crippen LogP contribution is 2.30. The first-order valence-electron chi connectivity index (χ1n) is 14.3. The zero-order chi connectivity index (χ0) is 28.9. The average molecular weight is 562 g/mol. The predicted octanol–water partition coefficient (Wildman–Crippen LogP) is 4.05. The number of H-pyrrole nitrogens is 1. The third kappa shape index (κ3) is 7.45. The van der Waals surface area contributed by atoms with Gasteiger partial charge in [-0.3, -0.25) is 14.5 Å². The fourth-order valence-corrected chi connectivity index (χ4v) is 5.34. The van der Waals surface area contributed by atoms with E-state index in [1.165, 1.54) is 4.90 Å². The van der Waals surface area contributed by atoms with Crippen LogP contribution in [0.25, 0.3) is 0 Å². The van der Waals surface area contributed by atoms with Gasteiger partial charge >= 0.3 is 0 Å². The average Bonchev–Trinajstić information content (AvgIpc) is 3.34. The van der Waals surface area contributed by atoms with Crippen molar-refractivity contribution in [1.82, 2.24) is 25.1 Å². The van der Waals surface area contributed by atoms with Crippen molar-refractivity contribution in [2.24, 2.45) is 0 Å². The van der Waals surface area contributed by atoms with Crippen LogP contribution in [-0.2, 0) is 22.7 Å². The van der Waals surface area contributed by atoms with Gasteiger partial charge in [0.1, 0.15) is 23.1 Å². The number of hydrogen-bond acceptors (Lipinski definition) is 7. The number of imidazole rings is 1. The van der Waals surface area contributed by atoms with Crippen LogP contribution >= 0.6 is 0 Å². The fourth-order valence-electron chi connectivity index (χ4n) is 5.34. The first-order valence-corrected chi connectivity index (χ1v) is 14.3. The fraction of sp³-hybridized carbons (Fsp3) is 0.452. The Morgan fingerprint density at radius 2 is 2.00 bits per heavy atom. The number of fused-ring (bicyclic) bond motifs is 5. The van der Waals surface area contributed by atoms with E-state index in [-0.39, 0.29) is 36.6 Å². The summed E-state index contributed by atoms with van der Waals surface area (Å²) in [6.45, 7) is 10.5. The van der Waals surface area contributed by atoms with E-state index in [4.69, 9.17) is 14.2 Å². The molecule has 2 aromatic carbocycles. The van der Waals surface area contributed by atoms with E-state index in [0.717, 1.165) is 30.0 Å². The summed E-state index contributed by atoms with van der Waals surface area (Å²) in [4.78, 5) is 38.4. The third-order valence-electron chi connectivity index (χ3n) is 7.23. The Kier molecular flexibility index (Phi) is 8.90. The molecule has 3 aromatic rings. The molecule has 0 unspecified atom stereocenters. The molecule has 10 nitrogen and oxygen atoms in total. The number of ether oxygens (including phenoxy) is 3. The van der Waals surface area contributed by atoms with Crippen molar-refractivity contribution in [3.05, 3.63) is 71.3 Å². The summed E-state index contributed by atoms with van der Waals surface area (Å²) in [5, 5.41) is 3.18. The minimum atomic E-state index is -0.268. The number of piperidine rings is 1. The number of likely N-dealkylation sites (N-methyl/N-ethyl adjacent to an activating group) is 1. The molecular weight excluding hydrogens is 522 g/mol. The summed E-state index contributed by atoms with van der Waals surface area (Å²) in [5.41, 5.74) is 2.39. The van der Waals surface area contributed by atoms with Gasteiger partial charge in [0.05, 0.1) is 31.4 Å². The minimum absolute atomic E-state index is 0.0667. The zero-order valence-corrected chi connectivity index (χ0v) is 24.2. The molecule has 5 rings (SSSR count). The van der Waals surface area contributed by atoms with Crippen LogP contribution in [0.5, 0.6) is 17.2 Å². The highest BCUT2D eigenvalue weighted by molar-refractivity contribution is 5.97. The molecule has 2 aliphatic heterocycles. The number of amides is 2. The van der Waals surface area contributed by atoms with Crippen molar-refractivity contribution in [3.63, 3.8) is 0 Å². The molecule has 0 spiro atoms. The second-order valence-electron chi connectivity index (χ2n) is 11.0. The Morgan fingerprint density at radius 1 is 1.15 bits per heavy atom. The molecule has 41 heavy (non-hydrogen) atoms. The number of carbonyl (C=O) groups is 2. The van der Waals surface area contributed by atoms with E-state index in [0.29, 0.717) is 49.1 Å². The molecule has 0 aliphatic carbocycles.